The lowest BCUT2D eigenvalue weighted by Gasteiger charge is -2.10. The lowest BCUT2D eigenvalue weighted by atomic mass is 10.2. The molecule has 31 heavy (non-hydrogen) atoms. The zero-order valence-electron chi connectivity index (χ0n) is 17.7. The predicted molar refractivity (Wildman–Crippen MR) is 121 cm³/mol. The SMILES string of the molecule is CCOc1cccn2c(C(=O)Nc3ccc(OCc4ccccc4)cc3)c(CC)nc12. The summed E-state index contributed by atoms with van der Waals surface area (Å²) < 4.78 is 13.3. The Balaban J connectivity index is 1.50. The van der Waals surface area contributed by atoms with Crippen molar-refractivity contribution in [2.45, 2.75) is 26.9 Å². The molecule has 4 rings (SSSR count). The molecule has 1 N–H and O–H groups in total. The second-order valence-electron chi connectivity index (χ2n) is 7.01. The number of aryl methyl sites for hydroxylation is 1. The molecule has 2 aromatic carbocycles. The van der Waals surface area contributed by atoms with Crippen LogP contribution in [0.2, 0.25) is 0 Å². The molecule has 0 unspecified atom stereocenters. The van der Waals surface area contributed by atoms with Gasteiger partial charge in [0.15, 0.2) is 11.4 Å². The maximum atomic E-state index is 13.1. The van der Waals surface area contributed by atoms with Crippen LogP contribution in [-0.2, 0) is 13.0 Å². The summed E-state index contributed by atoms with van der Waals surface area (Å²) in [6.45, 7) is 4.94. The summed E-state index contributed by atoms with van der Waals surface area (Å²) in [5.74, 6) is 1.20. The number of carbonyl (C=O) groups excluding carboxylic acids is 1. The molecule has 1 amide bonds. The molecule has 0 bridgehead atoms. The Morgan fingerprint density at radius 2 is 1.74 bits per heavy atom. The van der Waals surface area contributed by atoms with Gasteiger partial charge in [-0.3, -0.25) is 9.20 Å². The molecule has 6 nitrogen and oxygen atoms in total. The number of fused-ring (bicyclic) bond motifs is 1. The lowest BCUT2D eigenvalue weighted by molar-refractivity contribution is 0.102. The van der Waals surface area contributed by atoms with E-state index in [0.29, 0.717) is 42.4 Å². The number of benzene rings is 2. The van der Waals surface area contributed by atoms with Crippen LogP contribution in [0.3, 0.4) is 0 Å². The van der Waals surface area contributed by atoms with Crippen LogP contribution in [0.4, 0.5) is 5.69 Å². The maximum Gasteiger partial charge on any atom is 0.274 e. The van der Waals surface area contributed by atoms with E-state index in [1.165, 1.54) is 0 Å². The van der Waals surface area contributed by atoms with Gasteiger partial charge in [-0.25, -0.2) is 4.98 Å². The smallest absolute Gasteiger partial charge is 0.274 e. The molecular formula is C25H25N3O3. The zero-order chi connectivity index (χ0) is 21.6. The third-order valence-corrected chi connectivity index (χ3v) is 4.90. The lowest BCUT2D eigenvalue weighted by Crippen LogP contribution is -2.16. The monoisotopic (exact) mass is 415 g/mol. The topological polar surface area (TPSA) is 64.9 Å². The number of nitrogens with one attached hydrogen (secondary N) is 1. The van der Waals surface area contributed by atoms with Crippen LogP contribution < -0.4 is 14.8 Å². The van der Waals surface area contributed by atoms with Crippen LogP contribution in [0.5, 0.6) is 11.5 Å². The van der Waals surface area contributed by atoms with Crippen LogP contribution in [0.15, 0.2) is 72.9 Å². The van der Waals surface area contributed by atoms with E-state index in [1.807, 2.05) is 86.8 Å². The van der Waals surface area contributed by atoms with Gasteiger partial charge in [0.05, 0.1) is 12.3 Å². The van der Waals surface area contributed by atoms with Gasteiger partial charge in [0.2, 0.25) is 0 Å². The minimum Gasteiger partial charge on any atom is -0.490 e. The first-order chi connectivity index (χ1) is 15.2. The van der Waals surface area contributed by atoms with Gasteiger partial charge in [0.25, 0.3) is 5.91 Å². The van der Waals surface area contributed by atoms with Gasteiger partial charge < -0.3 is 14.8 Å². The Hall–Kier alpha value is -3.80. The van der Waals surface area contributed by atoms with Gasteiger partial charge in [-0.2, -0.15) is 0 Å². The molecular weight excluding hydrogens is 390 g/mol. The highest BCUT2D eigenvalue weighted by atomic mass is 16.5. The fraction of sp³-hybridized carbons (Fsp3) is 0.200. The number of hydrogen-bond acceptors (Lipinski definition) is 4. The van der Waals surface area contributed by atoms with E-state index in [2.05, 4.69) is 10.3 Å². The van der Waals surface area contributed by atoms with E-state index in [4.69, 9.17) is 9.47 Å². The van der Waals surface area contributed by atoms with Gasteiger partial charge in [0.1, 0.15) is 18.1 Å². The average Bonchev–Trinajstić information content (AvgIpc) is 3.19. The van der Waals surface area contributed by atoms with Crippen molar-refractivity contribution < 1.29 is 14.3 Å². The summed E-state index contributed by atoms with van der Waals surface area (Å²) in [6.07, 6.45) is 2.47. The first-order valence-corrected chi connectivity index (χ1v) is 10.4. The summed E-state index contributed by atoms with van der Waals surface area (Å²) in [6, 6.07) is 21.1. The highest BCUT2D eigenvalue weighted by molar-refractivity contribution is 6.04. The third-order valence-electron chi connectivity index (χ3n) is 4.90. The standard InChI is InChI=1S/C25H25N3O3/c1-3-21-23(28-16-8-11-22(30-4-2)24(28)27-21)25(29)26-19-12-14-20(15-13-19)31-17-18-9-6-5-7-10-18/h5-16H,3-4,17H2,1-2H3,(H,26,29). The van der Waals surface area contributed by atoms with E-state index in [9.17, 15) is 4.79 Å². The summed E-state index contributed by atoms with van der Waals surface area (Å²) >= 11 is 0. The predicted octanol–water partition coefficient (Wildman–Crippen LogP) is 5.13. The molecule has 6 heteroatoms. The molecule has 0 saturated heterocycles. The molecule has 0 fully saturated rings. The summed E-state index contributed by atoms with van der Waals surface area (Å²) in [7, 11) is 0. The molecule has 2 aromatic heterocycles. The Morgan fingerprint density at radius 3 is 2.45 bits per heavy atom. The van der Waals surface area contributed by atoms with E-state index in [1.54, 1.807) is 4.40 Å². The highest BCUT2D eigenvalue weighted by Crippen LogP contribution is 2.24. The molecule has 0 aliphatic rings. The van der Waals surface area contributed by atoms with Crippen molar-refractivity contribution in [1.29, 1.82) is 0 Å². The van der Waals surface area contributed by atoms with Crippen molar-refractivity contribution in [2.24, 2.45) is 0 Å². The first-order valence-electron chi connectivity index (χ1n) is 10.4. The van der Waals surface area contributed by atoms with Crippen molar-refractivity contribution in [3.05, 3.63) is 89.9 Å². The van der Waals surface area contributed by atoms with Gasteiger partial charge in [-0.05, 0) is 55.3 Å². The van der Waals surface area contributed by atoms with E-state index < -0.39 is 0 Å². The highest BCUT2D eigenvalue weighted by Gasteiger charge is 2.20. The van der Waals surface area contributed by atoms with Crippen molar-refractivity contribution in [2.75, 3.05) is 11.9 Å². The molecule has 0 atom stereocenters. The van der Waals surface area contributed by atoms with E-state index in [-0.39, 0.29) is 5.91 Å². The van der Waals surface area contributed by atoms with E-state index in [0.717, 1.165) is 17.0 Å². The molecule has 0 radical (unpaired) electrons. The molecule has 0 aliphatic carbocycles. The molecule has 158 valence electrons. The second-order valence-corrected chi connectivity index (χ2v) is 7.01. The maximum absolute atomic E-state index is 13.1. The first kappa shape index (κ1) is 20.5. The number of aromatic nitrogens is 2. The molecule has 0 saturated carbocycles. The molecule has 2 heterocycles. The van der Waals surface area contributed by atoms with Crippen LogP contribution >= 0.6 is 0 Å². The van der Waals surface area contributed by atoms with Crippen LogP contribution in [0, 0.1) is 0 Å². The zero-order valence-corrected chi connectivity index (χ0v) is 17.7. The fourth-order valence-corrected chi connectivity index (χ4v) is 3.41. The number of nitrogens with zero attached hydrogens (tertiary/aromatic N) is 2. The Kier molecular flexibility index (Phi) is 6.17. The number of imidazole rings is 1. The van der Waals surface area contributed by atoms with Gasteiger partial charge in [0, 0.05) is 11.9 Å². The van der Waals surface area contributed by atoms with Gasteiger partial charge in [-0.1, -0.05) is 37.3 Å². The average molecular weight is 415 g/mol. The Bertz CT molecular complexity index is 1170. The van der Waals surface area contributed by atoms with Gasteiger partial charge in [-0.15, -0.1) is 0 Å². The number of rotatable bonds is 8. The third kappa shape index (κ3) is 4.53. The van der Waals surface area contributed by atoms with Crippen molar-refractivity contribution in [1.82, 2.24) is 9.38 Å². The minimum atomic E-state index is -0.212. The van der Waals surface area contributed by atoms with Crippen LogP contribution in [-0.4, -0.2) is 21.9 Å². The number of hydrogen-bond donors (Lipinski definition) is 1. The van der Waals surface area contributed by atoms with Crippen molar-refractivity contribution in [3.63, 3.8) is 0 Å². The molecule has 0 aliphatic heterocycles. The number of pyridine rings is 1. The van der Waals surface area contributed by atoms with E-state index >= 15 is 0 Å². The quantitative estimate of drug-likeness (QED) is 0.433. The normalized spacial score (nSPS) is 10.8. The van der Waals surface area contributed by atoms with Crippen molar-refractivity contribution >= 4 is 17.2 Å². The summed E-state index contributed by atoms with van der Waals surface area (Å²) in [5.41, 5.74) is 3.69. The molecule has 4 aromatic rings. The largest absolute Gasteiger partial charge is 0.490 e. The van der Waals surface area contributed by atoms with Crippen LogP contribution in [0.25, 0.3) is 5.65 Å². The van der Waals surface area contributed by atoms with Crippen LogP contribution in [0.1, 0.15) is 35.6 Å². The van der Waals surface area contributed by atoms with Gasteiger partial charge >= 0.3 is 0 Å². The number of carbonyl (C=O) groups is 1. The second kappa shape index (κ2) is 9.34. The fourth-order valence-electron chi connectivity index (χ4n) is 3.41. The molecule has 0 spiro atoms. The Labute approximate surface area is 181 Å². The Morgan fingerprint density at radius 1 is 0.968 bits per heavy atom. The summed E-state index contributed by atoms with van der Waals surface area (Å²) in [5, 5.41) is 2.97. The summed E-state index contributed by atoms with van der Waals surface area (Å²) in [4.78, 5) is 17.7. The van der Waals surface area contributed by atoms with Crippen molar-refractivity contribution in [3.8, 4) is 11.5 Å². The minimum absolute atomic E-state index is 0.212. The number of ether oxygens (including phenoxy) is 2. The number of amides is 1. The number of anilines is 1.